The molecule has 3 atom stereocenters. The lowest BCUT2D eigenvalue weighted by Gasteiger charge is -2.47. The van der Waals surface area contributed by atoms with Crippen molar-refractivity contribution in [3.63, 3.8) is 0 Å². The van der Waals surface area contributed by atoms with E-state index in [1.807, 2.05) is 35.5 Å². The third-order valence-corrected chi connectivity index (χ3v) is 7.07. The van der Waals surface area contributed by atoms with Gasteiger partial charge in [0.25, 0.3) is 0 Å². The third-order valence-electron chi connectivity index (χ3n) is 7.07. The number of fused-ring (bicyclic) bond motifs is 2. The zero-order valence-corrected chi connectivity index (χ0v) is 19.4. The Bertz CT molecular complexity index is 905. The smallest absolute Gasteiger partial charge is 0.222 e. The van der Waals surface area contributed by atoms with Gasteiger partial charge in [0, 0.05) is 62.3 Å². The number of nitrogens with zero attached hydrogens (tertiary/aromatic N) is 5. The molecule has 0 radical (unpaired) electrons. The van der Waals surface area contributed by atoms with Crippen molar-refractivity contribution in [2.45, 2.75) is 58.4 Å². The van der Waals surface area contributed by atoms with E-state index in [9.17, 15) is 4.79 Å². The summed E-state index contributed by atoms with van der Waals surface area (Å²) in [6, 6.07) is 6.48. The number of pyridine rings is 1. The molecule has 2 aliphatic rings. The molecule has 0 spiro atoms. The van der Waals surface area contributed by atoms with Gasteiger partial charge in [-0.1, -0.05) is 13.0 Å². The number of piperidine rings is 1. The molecule has 1 amide bonds. The van der Waals surface area contributed by atoms with Gasteiger partial charge in [0.1, 0.15) is 0 Å². The van der Waals surface area contributed by atoms with Crippen LogP contribution in [0.15, 0.2) is 30.6 Å². The van der Waals surface area contributed by atoms with Crippen molar-refractivity contribution in [1.82, 2.24) is 24.8 Å². The Morgan fingerprint density at radius 1 is 1.25 bits per heavy atom. The van der Waals surface area contributed by atoms with Crippen LogP contribution in [0.2, 0.25) is 0 Å². The lowest BCUT2D eigenvalue weighted by atomic mass is 9.73. The molecule has 0 bridgehead atoms. The highest BCUT2D eigenvalue weighted by Gasteiger charge is 2.40. The molecule has 1 saturated heterocycles. The first-order valence-electron chi connectivity index (χ1n) is 12.1. The van der Waals surface area contributed by atoms with Crippen LogP contribution in [0.25, 0.3) is 0 Å². The minimum Gasteiger partial charge on any atom is -0.368 e. The fourth-order valence-electron chi connectivity index (χ4n) is 5.54. The molecule has 0 saturated carbocycles. The highest BCUT2D eigenvalue weighted by molar-refractivity contribution is 5.76. The van der Waals surface area contributed by atoms with Crippen LogP contribution in [-0.2, 0) is 24.1 Å². The van der Waals surface area contributed by atoms with Crippen molar-refractivity contribution in [3.05, 3.63) is 47.5 Å². The number of likely N-dealkylation sites (tertiary alicyclic amines) is 1. The van der Waals surface area contributed by atoms with Crippen molar-refractivity contribution in [1.29, 1.82) is 0 Å². The summed E-state index contributed by atoms with van der Waals surface area (Å²) >= 11 is 0. The highest BCUT2D eigenvalue weighted by Crippen LogP contribution is 2.37. The molecular weight excluding hydrogens is 400 g/mol. The van der Waals surface area contributed by atoms with E-state index in [-0.39, 0.29) is 5.91 Å². The summed E-state index contributed by atoms with van der Waals surface area (Å²) in [6.07, 6.45) is 9.29. The van der Waals surface area contributed by atoms with Gasteiger partial charge < -0.3 is 10.6 Å². The number of hydrogen-bond donors (Lipinski definition) is 1. The van der Waals surface area contributed by atoms with E-state index in [0.717, 1.165) is 69.7 Å². The molecule has 172 valence electrons. The van der Waals surface area contributed by atoms with E-state index in [2.05, 4.69) is 33.7 Å². The molecule has 32 heavy (non-hydrogen) atoms. The Kier molecular flexibility index (Phi) is 7.35. The summed E-state index contributed by atoms with van der Waals surface area (Å²) in [7, 11) is 0. The third kappa shape index (κ3) is 5.26. The second-order valence-electron chi connectivity index (χ2n) is 9.28. The van der Waals surface area contributed by atoms with Gasteiger partial charge in [0.05, 0.1) is 0 Å². The van der Waals surface area contributed by atoms with Gasteiger partial charge in [-0.25, -0.2) is 9.97 Å². The van der Waals surface area contributed by atoms with Crippen LogP contribution in [0.4, 0.5) is 5.95 Å². The number of likely N-dealkylation sites (N-methyl/N-ethyl adjacent to an activating group) is 1. The summed E-state index contributed by atoms with van der Waals surface area (Å²) in [6.45, 7) is 7.86. The Morgan fingerprint density at radius 3 is 2.88 bits per heavy atom. The fourth-order valence-corrected chi connectivity index (χ4v) is 5.54. The zero-order chi connectivity index (χ0) is 22.5. The van der Waals surface area contributed by atoms with E-state index in [1.165, 1.54) is 5.56 Å². The molecule has 1 aliphatic carbocycles. The molecule has 1 fully saturated rings. The van der Waals surface area contributed by atoms with Crippen LogP contribution in [-0.4, -0.2) is 62.9 Å². The number of aromatic nitrogens is 3. The fraction of sp³-hybridized carbons (Fsp3) is 0.600. The van der Waals surface area contributed by atoms with Crippen LogP contribution in [0.5, 0.6) is 0 Å². The zero-order valence-electron chi connectivity index (χ0n) is 19.4. The second kappa shape index (κ2) is 10.4. The molecule has 2 aromatic rings. The van der Waals surface area contributed by atoms with Gasteiger partial charge in [-0.3, -0.25) is 14.7 Å². The first-order valence-corrected chi connectivity index (χ1v) is 12.1. The molecule has 2 N–H and O–H groups in total. The number of rotatable bonds is 8. The van der Waals surface area contributed by atoms with Gasteiger partial charge >= 0.3 is 0 Å². The topological polar surface area (TPSA) is 88.2 Å². The average molecular weight is 437 g/mol. The number of nitrogens with two attached hydrogens (primary N) is 1. The summed E-state index contributed by atoms with van der Waals surface area (Å²) in [5.41, 5.74) is 9.23. The van der Waals surface area contributed by atoms with Crippen LogP contribution < -0.4 is 5.73 Å². The van der Waals surface area contributed by atoms with Crippen molar-refractivity contribution in [3.8, 4) is 0 Å². The SMILES string of the molecule is CCCN1C[C@@H](CC(=O)N(CC)CCc2ccccn2)C[C@@H]2Cc3nc(N)ncc3C[C@H]21. The number of hydrogen-bond acceptors (Lipinski definition) is 6. The van der Waals surface area contributed by atoms with Gasteiger partial charge in [-0.15, -0.1) is 0 Å². The number of nitrogen functional groups attached to an aromatic ring is 1. The number of carbonyl (C=O) groups excluding carboxylic acids is 1. The lowest BCUT2D eigenvalue weighted by Crippen LogP contribution is -2.53. The quantitative estimate of drug-likeness (QED) is 0.685. The molecule has 7 heteroatoms. The van der Waals surface area contributed by atoms with E-state index < -0.39 is 0 Å². The largest absolute Gasteiger partial charge is 0.368 e. The minimum absolute atomic E-state index is 0.270. The standard InChI is InChI=1S/C25H36N6O/c1-3-10-31-17-18(12-19-14-22-20(15-23(19)31)16-28-25(26)29-22)13-24(32)30(4-2)11-8-21-7-5-6-9-27-21/h5-7,9,16,18-19,23H,3-4,8,10-15,17H2,1-2H3,(H2,26,28,29)/t18-,19-,23-/m1/s1. The van der Waals surface area contributed by atoms with Gasteiger partial charge in [-0.05, 0) is 68.7 Å². The Hall–Kier alpha value is -2.54. The van der Waals surface area contributed by atoms with Crippen LogP contribution in [0, 0.1) is 11.8 Å². The van der Waals surface area contributed by atoms with Crippen LogP contribution in [0.1, 0.15) is 50.1 Å². The molecule has 0 aromatic carbocycles. The molecular formula is C25H36N6O. The summed E-state index contributed by atoms with van der Waals surface area (Å²) < 4.78 is 0. The minimum atomic E-state index is 0.270. The van der Waals surface area contributed by atoms with E-state index in [1.54, 1.807) is 0 Å². The van der Waals surface area contributed by atoms with E-state index in [0.29, 0.717) is 30.2 Å². The molecule has 0 unspecified atom stereocenters. The Labute approximate surface area is 191 Å². The summed E-state index contributed by atoms with van der Waals surface area (Å²) in [5, 5.41) is 0. The molecule has 3 heterocycles. The first-order chi connectivity index (χ1) is 15.6. The highest BCUT2D eigenvalue weighted by atomic mass is 16.2. The van der Waals surface area contributed by atoms with E-state index in [4.69, 9.17) is 5.73 Å². The summed E-state index contributed by atoms with van der Waals surface area (Å²) in [4.78, 5) is 30.9. The lowest BCUT2D eigenvalue weighted by molar-refractivity contribution is -0.133. The van der Waals surface area contributed by atoms with Gasteiger partial charge in [-0.2, -0.15) is 0 Å². The van der Waals surface area contributed by atoms with Crippen molar-refractivity contribution >= 4 is 11.9 Å². The predicted octanol–water partition coefficient (Wildman–Crippen LogP) is 2.75. The van der Waals surface area contributed by atoms with Crippen molar-refractivity contribution in [2.24, 2.45) is 11.8 Å². The molecule has 7 nitrogen and oxygen atoms in total. The molecule has 1 aliphatic heterocycles. The van der Waals surface area contributed by atoms with Crippen molar-refractivity contribution < 1.29 is 4.79 Å². The average Bonchev–Trinajstić information content (AvgIpc) is 2.79. The maximum absolute atomic E-state index is 13.2. The van der Waals surface area contributed by atoms with Crippen LogP contribution in [0.3, 0.4) is 0 Å². The Morgan fingerprint density at radius 2 is 2.12 bits per heavy atom. The molecule has 4 rings (SSSR count). The van der Waals surface area contributed by atoms with Crippen molar-refractivity contribution in [2.75, 3.05) is 31.9 Å². The van der Waals surface area contributed by atoms with Gasteiger partial charge in [0.15, 0.2) is 0 Å². The first kappa shape index (κ1) is 22.6. The second-order valence-corrected chi connectivity index (χ2v) is 9.28. The maximum atomic E-state index is 13.2. The normalized spacial score (nSPS) is 22.8. The maximum Gasteiger partial charge on any atom is 0.222 e. The Balaban J connectivity index is 1.40. The molecule has 2 aromatic heterocycles. The number of anilines is 1. The van der Waals surface area contributed by atoms with Gasteiger partial charge in [0.2, 0.25) is 11.9 Å². The summed E-state index contributed by atoms with van der Waals surface area (Å²) in [5.74, 6) is 1.55. The van der Waals surface area contributed by atoms with E-state index >= 15 is 0 Å². The number of carbonyl (C=O) groups is 1. The number of amides is 1. The van der Waals surface area contributed by atoms with Crippen LogP contribution >= 0.6 is 0 Å². The monoisotopic (exact) mass is 436 g/mol. The predicted molar refractivity (Wildman–Crippen MR) is 126 cm³/mol.